The third-order valence-corrected chi connectivity index (χ3v) is 4.90. The smallest absolute Gasteiger partial charge is 0.263 e. The number of benzene rings is 2. The van der Waals surface area contributed by atoms with Gasteiger partial charge in [-0.2, -0.15) is 0 Å². The molecule has 0 spiro atoms. The summed E-state index contributed by atoms with van der Waals surface area (Å²) in [5.41, 5.74) is 2.66. The van der Waals surface area contributed by atoms with Gasteiger partial charge < -0.3 is 5.32 Å². The van der Waals surface area contributed by atoms with Gasteiger partial charge in [-0.3, -0.25) is 4.79 Å². The number of nitrogens with one attached hydrogen (secondary N) is 1. The van der Waals surface area contributed by atoms with Crippen LogP contribution in [0.5, 0.6) is 0 Å². The highest BCUT2D eigenvalue weighted by atomic mass is 32.2. The topological polar surface area (TPSA) is 42.0 Å². The minimum atomic E-state index is -0.164. The van der Waals surface area contributed by atoms with Gasteiger partial charge in [0.1, 0.15) is 4.32 Å². The molecule has 5 heteroatoms. The largest absolute Gasteiger partial charge is 0.307 e. The van der Waals surface area contributed by atoms with Crippen LogP contribution in [0.2, 0.25) is 0 Å². The zero-order valence-electron chi connectivity index (χ0n) is 12.5. The molecule has 0 atom stereocenters. The number of thiocarbonyl (C=S) groups is 1. The van der Waals surface area contributed by atoms with E-state index in [1.165, 1.54) is 22.5 Å². The van der Waals surface area contributed by atoms with Gasteiger partial charge in [-0.25, -0.2) is 4.98 Å². The van der Waals surface area contributed by atoms with Crippen LogP contribution >= 0.6 is 24.0 Å². The molecule has 24 heavy (non-hydrogen) atoms. The van der Waals surface area contributed by atoms with Crippen LogP contribution in [0.4, 0.5) is 0 Å². The van der Waals surface area contributed by atoms with Crippen LogP contribution in [-0.4, -0.2) is 15.2 Å². The van der Waals surface area contributed by atoms with Gasteiger partial charge in [-0.15, -0.1) is 0 Å². The number of fused-ring (bicyclic) bond motifs is 1. The van der Waals surface area contributed by atoms with Crippen molar-refractivity contribution in [2.45, 2.75) is 0 Å². The molecule has 0 unspecified atom stereocenters. The zero-order valence-corrected chi connectivity index (χ0v) is 14.2. The number of nitrogens with zero attached hydrogens (tertiary/aromatic N) is 1. The van der Waals surface area contributed by atoms with Crippen molar-refractivity contribution in [2.24, 2.45) is 0 Å². The van der Waals surface area contributed by atoms with Crippen molar-refractivity contribution in [2.75, 3.05) is 0 Å². The van der Waals surface area contributed by atoms with Crippen molar-refractivity contribution in [3.05, 3.63) is 71.3 Å². The molecular weight excluding hydrogens is 336 g/mol. The van der Waals surface area contributed by atoms with E-state index in [-0.39, 0.29) is 5.91 Å². The number of pyridine rings is 1. The van der Waals surface area contributed by atoms with Gasteiger partial charge in [0.05, 0.1) is 16.3 Å². The van der Waals surface area contributed by atoms with Crippen molar-refractivity contribution >= 4 is 51.1 Å². The molecule has 3 nitrogen and oxygen atoms in total. The highest BCUT2D eigenvalue weighted by Crippen LogP contribution is 2.27. The second-order valence-corrected chi connectivity index (χ2v) is 7.08. The van der Waals surface area contributed by atoms with Gasteiger partial charge in [0.15, 0.2) is 0 Å². The number of carbonyl (C=O) groups is 1. The number of rotatable bonds is 2. The van der Waals surface area contributed by atoms with Crippen molar-refractivity contribution in [3.8, 4) is 11.3 Å². The first kappa shape index (κ1) is 15.1. The lowest BCUT2D eigenvalue weighted by Crippen LogP contribution is -2.17. The first-order chi connectivity index (χ1) is 11.7. The molecule has 2 aromatic carbocycles. The lowest BCUT2D eigenvalue weighted by Gasteiger charge is -2.05. The minimum absolute atomic E-state index is 0.164. The van der Waals surface area contributed by atoms with Gasteiger partial charge in [0.2, 0.25) is 0 Å². The first-order valence-electron chi connectivity index (χ1n) is 7.40. The SMILES string of the molecule is O=C1NC(=S)S/C1=C\c1cccc(-c2ccc3ccccc3c2)n1. The molecule has 1 aliphatic rings. The number of carbonyl (C=O) groups excluding carboxylic acids is 1. The number of thioether (sulfide) groups is 1. The second kappa shape index (κ2) is 6.19. The lowest BCUT2D eigenvalue weighted by molar-refractivity contribution is -0.115. The molecule has 0 saturated carbocycles. The molecule has 2 heterocycles. The fourth-order valence-electron chi connectivity index (χ4n) is 2.60. The van der Waals surface area contributed by atoms with Crippen molar-refractivity contribution in [1.29, 1.82) is 0 Å². The molecule has 1 fully saturated rings. The Morgan fingerprint density at radius 3 is 2.62 bits per heavy atom. The van der Waals surface area contributed by atoms with Gasteiger partial charge in [-0.1, -0.05) is 66.4 Å². The van der Waals surface area contributed by atoms with E-state index in [1.807, 2.05) is 30.3 Å². The predicted molar refractivity (Wildman–Crippen MR) is 103 cm³/mol. The van der Waals surface area contributed by atoms with Gasteiger partial charge in [-0.05, 0) is 35.0 Å². The standard InChI is InChI=1S/C19H12N2OS2/c22-18-17(24-19(23)21-18)11-15-6-3-7-16(20-15)14-9-8-12-4-1-2-5-13(12)10-14/h1-11H,(H,21,22,23)/b17-11-. The summed E-state index contributed by atoms with van der Waals surface area (Å²) in [7, 11) is 0. The quantitative estimate of drug-likeness (QED) is 0.551. The Labute approximate surface area is 148 Å². The second-order valence-electron chi connectivity index (χ2n) is 5.36. The summed E-state index contributed by atoms with van der Waals surface area (Å²) >= 11 is 6.27. The fourth-order valence-corrected chi connectivity index (χ4v) is 3.63. The normalized spacial score (nSPS) is 15.9. The Morgan fingerprint density at radius 1 is 1.00 bits per heavy atom. The Kier molecular flexibility index (Phi) is 3.88. The first-order valence-corrected chi connectivity index (χ1v) is 8.63. The number of hydrogen-bond donors (Lipinski definition) is 1. The summed E-state index contributed by atoms with van der Waals surface area (Å²) in [5, 5.41) is 4.99. The van der Waals surface area contributed by atoms with Crippen LogP contribution in [0.1, 0.15) is 5.69 Å². The molecular formula is C19H12N2OS2. The fraction of sp³-hybridized carbons (Fsp3) is 0. The van der Waals surface area contributed by atoms with Crippen LogP contribution < -0.4 is 5.32 Å². The zero-order chi connectivity index (χ0) is 16.5. The van der Waals surface area contributed by atoms with Gasteiger partial charge >= 0.3 is 0 Å². The van der Waals surface area contributed by atoms with Crippen LogP contribution in [0.25, 0.3) is 28.1 Å². The summed E-state index contributed by atoms with van der Waals surface area (Å²) in [6.45, 7) is 0. The van der Waals surface area contributed by atoms with Crippen LogP contribution in [0, 0.1) is 0 Å². The summed E-state index contributed by atoms with van der Waals surface area (Å²) in [4.78, 5) is 17.0. The summed E-state index contributed by atoms with van der Waals surface area (Å²) in [6, 6.07) is 20.3. The third kappa shape index (κ3) is 2.96. The van der Waals surface area contributed by atoms with Crippen LogP contribution in [-0.2, 0) is 4.79 Å². The highest BCUT2D eigenvalue weighted by molar-refractivity contribution is 8.26. The van der Waals surface area contributed by atoms with E-state index < -0.39 is 0 Å². The van der Waals surface area contributed by atoms with Crippen molar-refractivity contribution in [3.63, 3.8) is 0 Å². The minimum Gasteiger partial charge on any atom is -0.307 e. The molecule has 1 aliphatic heterocycles. The maximum atomic E-state index is 11.8. The van der Waals surface area contributed by atoms with E-state index in [2.05, 4.69) is 40.6 Å². The van der Waals surface area contributed by atoms with E-state index in [0.29, 0.717) is 9.23 Å². The summed E-state index contributed by atoms with van der Waals surface area (Å²) in [5.74, 6) is -0.164. The number of aromatic nitrogens is 1. The molecule has 0 bridgehead atoms. The molecule has 1 N–H and O–H groups in total. The van der Waals surface area contributed by atoms with Gasteiger partial charge in [0.25, 0.3) is 5.91 Å². The van der Waals surface area contributed by atoms with E-state index in [4.69, 9.17) is 12.2 Å². The van der Waals surface area contributed by atoms with Crippen LogP contribution in [0.15, 0.2) is 65.6 Å². The molecule has 1 saturated heterocycles. The molecule has 0 aliphatic carbocycles. The van der Waals surface area contributed by atoms with E-state index in [0.717, 1.165) is 17.0 Å². The molecule has 0 radical (unpaired) electrons. The van der Waals surface area contributed by atoms with E-state index in [1.54, 1.807) is 6.08 Å². The molecule has 1 amide bonds. The number of hydrogen-bond acceptors (Lipinski definition) is 4. The Morgan fingerprint density at radius 2 is 1.83 bits per heavy atom. The third-order valence-electron chi connectivity index (χ3n) is 3.74. The summed E-state index contributed by atoms with van der Waals surface area (Å²) < 4.78 is 0.483. The Bertz CT molecular complexity index is 1010. The average Bonchev–Trinajstić information content (AvgIpc) is 2.92. The van der Waals surface area contributed by atoms with Crippen molar-refractivity contribution < 1.29 is 4.79 Å². The average molecular weight is 348 g/mol. The van der Waals surface area contributed by atoms with Crippen LogP contribution in [0.3, 0.4) is 0 Å². The maximum absolute atomic E-state index is 11.8. The molecule has 116 valence electrons. The van der Waals surface area contributed by atoms with Gasteiger partial charge in [0, 0.05) is 5.56 Å². The number of amides is 1. The highest BCUT2D eigenvalue weighted by Gasteiger charge is 2.22. The maximum Gasteiger partial charge on any atom is 0.263 e. The summed E-state index contributed by atoms with van der Waals surface area (Å²) in [6.07, 6.45) is 1.77. The Hall–Kier alpha value is -2.50. The Balaban J connectivity index is 1.72. The molecule has 4 rings (SSSR count). The predicted octanol–water partition coefficient (Wildman–Crippen LogP) is 4.39. The monoisotopic (exact) mass is 348 g/mol. The van der Waals surface area contributed by atoms with E-state index >= 15 is 0 Å². The lowest BCUT2D eigenvalue weighted by atomic mass is 10.0. The van der Waals surface area contributed by atoms with Crippen molar-refractivity contribution in [1.82, 2.24) is 10.3 Å². The molecule has 3 aromatic rings. The molecule has 1 aromatic heterocycles. The van der Waals surface area contributed by atoms with E-state index in [9.17, 15) is 4.79 Å².